The largest absolute Gasteiger partial charge is 0.508 e. The van der Waals surface area contributed by atoms with E-state index < -0.39 is 0 Å². The van der Waals surface area contributed by atoms with E-state index in [0.29, 0.717) is 0 Å². The van der Waals surface area contributed by atoms with Crippen LogP contribution in [0.3, 0.4) is 0 Å². The number of allylic oxidation sites excluding steroid dienone is 1. The Morgan fingerprint density at radius 3 is 2.87 bits per heavy atom. The van der Waals surface area contributed by atoms with E-state index in [4.69, 9.17) is 0 Å². The Kier molecular flexibility index (Phi) is 4.26. The van der Waals surface area contributed by atoms with E-state index in [1.807, 2.05) is 38.2 Å². The number of phenols is 1. The lowest BCUT2D eigenvalue weighted by atomic mass is 10.2. The number of pyridine rings is 1. The van der Waals surface area contributed by atoms with Crippen LogP contribution in [0.5, 0.6) is 5.75 Å². The van der Waals surface area contributed by atoms with Gasteiger partial charge in [0.05, 0.1) is 15.9 Å². The molecule has 5 heteroatoms. The third-order valence-electron chi connectivity index (χ3n) is 3.25. The highest BCUT2D eigenvalue weighted by molar-refractivity contribution is 7.19. The molecule has 3 aromatic rings. The molecular formula is C18H15N3OS. The lowest BCUT2D eigenvalue weighted by Gasteiger charge is -2.01. The summed E-state index contributed by atoms with van der Waals surface area (Å²) in [5.74, 6) is 7.19. The van der Waals surface area contributed by atoms with Crippen LogP contribution in [0.25, 0.3) is 16.3 Å². The van der Waals surface area contributed by atoms with Crippen molar-refractivity contribution in [2.24, 2.45) is 0 Å². The second kappa shape index (κ2) is 6.51. The number of anilines is 1. The van der Waals surface area contributed by atoms with Gasteiger partial charge >= 0.3 is 0 Å². The van der Waals surface area contributed by atoms with Crippen LogP contribution in [0.2, 0.25) is 0 Å². The average Bonchev–Trinajstić information content (AvgIpc) is 2.94. The first-order chi connectivity index (χ1) is 11.2. The Hall–Kier alpha value is -2.84. The zero-order chi connectivity index (χ0) is 16.2. The maximum atomic E-state index is 9.47. The summed E-state index contributed by atoms with van der Waals surface area (Å²) in [6.45, 7) is 1.94. The Morgan fingerprint density at radius 2 is 2.09 bits per heavy atom. The van der Waals surface area contributed by atoms with Crippen LogP contribution < -0.4 is 5.32 Å². The number of aryl methyl sites for hydroxylation is 1. The summed E-state index contributed by atoms with van der Waals surface area (Å²) in [6.07, 6.45) is 3.66. The molecule has 0 aliphatic rings. The van der Waals surface area contributed by atoms with E-state index >= 15 is 0 Å². The number of aromatic hydroxyl groups is 1. The zero-order valence-corrected chi connectivity index (χ0v) is 13.6. The van der Waals surface area contributed by atoms with Gasteiger partial charge in [-0.05, 0) is 49.4 Å². The number of thiazole rings is 1. The number of nitrogens with one attached hydrogen (secondary N) is 1. The van der Waals surface area contributed by atoms with Gasteiger partial charge in [0, 0.05) is 12.6 Å². The van der Waals surface area contributed by atoms with Gasteiger partial charge in [-0.25, -0.2) is 9.97 Å². The molecule has 114 valence electrons. The monoisotopic (exact) mass is 321 g/mol. The number of aromatic nitrogens is 2. The molecule has 2 heterocycles. The first kappa shape index (κ1) is 15.1. The van der Waals surface area contributed by atoms with Crippen LogP contribution in [0, 0.1) is 18.8 Å². The van der Waals surface area contributed by atoms with Crippen molar-refractivity contribution >= 4 is 33.4 Å². The minimum absolute atomic E-state index is 0.254. The summed E-state index contributed by atoms with van der Waals surface area (Å²) in [5.41, 5.74) is 2.68. The minimum Gasteiger partial charge on any atom is -0.508 e. The van der Waals surface area contributed by atoms with Crippen molar-refractivity contribution in [3.63, 3.8) is 0 Å². The molecule has 0 saturated heterocycles. The molecular weight excluding hydrogens is 306 g/mol. The standard InChI is InChI=1S/C18H15N3OS/c1-12-13(7-10-17(19-2)20-12)5-3-4-6-18-21-15-9-8-14(22)11-16(15)23-18/h4,6-11,22H,1-2H3,(H,19,20)/b6-4+. The summed E-state index contributed by atoms with van der Waals surface area (Å²) in [6, 6.07) is 9.02. The molecule has 2 aromatic heterocycles. The van der Waals surface area contributed by atoms with Gasteiger partial charge in [-0.1, -0.05) is 11.8 Å². The predicted octanol–water partition coefficient (Wildman–Crippen LogP) is 3.81. The Balaban J connectivity index is 1.78. The third-order valence-corrected chi connectivity index (χ3v) is 4.23. The number of rotatable bonds is 2. The first-order valence-corrected chi connectivity index (χ1v) is 7.90. The van der Waals surface area contributed by atoms with Crippen LogP contribution >= 0.6 is 11.3 Å². The Labute approximate surface area is 138 Å². The van der Waals surface area contributed by atoms with Gasteiger partial charge < -0.3 is 10.4 Å². The van der Waals surface area contributed by atoms with Crippen molar-refractivity contribution in [2.75, 3.05) is 12.4 Å². The van der Waals surface area contributed by atoms with E-state index in [1.54, 1.807) is 18.2 Å². The molecule has 0 saturated carbocycles. The lowest BCUT2D eigenvalue weighted by Crippen LogP contribution is -1.95. The molecule has 0 unspecified atom stereocenters. The Bertz CT molecular complexity index is 948. The van der Waals surface area contributed by atoms with E-state index in [1.165, 1.54) is 11.3 Å². The number of fused-ring (bicyclic) bond motifs is 1. The van der Waals surface area contributed by atoms with Gasteiger partial charge in [0.2, 0.25) is 0 Å². The van der Waals surface area contributed by atoms with E-state index in [2.05, 4.69) is 27.1 Å². The number of hydrogen-bond donors (Lipinski definition) is 2. The third kappa shape index (κ3) is 3.50. The highest BCUT2D eigenvalue weighted by Gasteiger charge is 2.01. The molecule has 4 nitrogen and oxygen atoms in total. The smallest absolute Gasteiger partial charge is 0.126 e. The molecule has 0 aliphatic carbocycles. The van der Waals surface area contributed by atoms with E-state index in [9.17, 15) is 5.11 Å². The van der Waals surface area contributed by atoms with Crippen LogP contribution in [0.4, 0.5) is 5.82 Å². The summed E-state index contributed by atoms with van der Waals surface area (Å²) in [7, 11) is 1.84. The second-order valence-electron chi connectivity index (χ2n) is 4.89. The van der Waals surface area contributed by atoms with Gasteiger partial charge in [-0.2, -0.15) is 0 Å². The van der Waals surface area contributed by atoms with Crippen LogP contribution in [0.15, 0.2) is 36.4 Å². The van der Waals surface area contributed by atoms with Crippen LogP contribution in [-0.4, -0.2) is 22.1 Å². The predicted molar refractivity (Wildman–Crippen MR) is 95.7 cm³/mol. The highest BCUT2D eigenvalue weighted by atomic mass is 32.1. The van der Waals surface area contributed by atoms with E-state index in [-0.39, 0.29) is 5.75 Å². The fraction of sp³-hybridized carbons (Fsp3) is 0.111. The maximum absolute atomic E-state index is 9.47. The summed E-state index contributed by atoms with van der Waals surface area (Å²) < 4.78 is 0.959. The van der Waals surface area contributed by atoms with Crippen LogP contribution in [-0.2, 0) is 0 Å². The molecule has 3 rings (SSSR count). The SMILES string of the molecule is CNc1ccc(C#C/C=C/c2nc3ccc(O)cc3s2)c(C)n1. The zero-order valence-electron chi connectivity index (χ0n) is 12.8. The summed E-state index contributed by atoms with van der Waals surface area (Å²) in [5, 5.41) is 13.3. The highest BCUT2D eigenvalue weighted by Crippen LogP contribution is 2.26. The lowest BCUT2D eigenvalue weighted by molar-refractivity contribution is 0.476. The number of benzene rings is 1. The molecule has 1 aromatic carbocycles. The summed E-state index contributed by atoms with van der Waals surface area (Å²) >= 11 is 1.52. The van der Waals surface area contributed by atoms with Crippen molar-refractivity contribution < 1.29 is 5.11 Å². The van der Waals surface area contributed by atoms with Crippen molar-refractivity contribution in [3.05, 3.63) is 52.7 Å². The molecule has 0 aliphatic heterocycles. The fourth-order valence-electron chi connectivity index (χ4n) is 2.07. The molecule has 0 atom stereocenters. The van der Waals surface area contributed by atoms with Crippen molar-refractivity contribution in [2.45, 2.75) is 6.92 Å². The van der Waals surface area contributed by atoms with Gasteiger partial charge in [0.15, 0.2) is 0 Å². The molecule has 0 spiro atoms. The number of nitrogens with zero attached hydrogens (tertiary/aromatic N) is 2. The second-order valence-corrected chi connectivity index (χ2v) is 5.95. The van der Waals surface area contributed by atoms with Gasteiger partial charge in [-0.3, -0.25) is 0 Å². The molecule has 0 radical (unpaired) electrons. The molecule has 2 N–H and O–H groups in total. The van der Waals surface area contributed by atoms with Gasteiger partial charge in [-0.15, -0.1) is 11.3 Å². The summed E-state index contributed by atoms with van der Waals surface area (Å²) in [4.78, 5) is 8.86. The molecule has 0 amide bonds. The van der Waals surface area contributed by atoms with Crippen molar-refractivity contribution in [1.29, 1.82) is 0 Å². The molecule has 23 heavy (non-hydrogen) atoms. The number of phenolic OH excluding ortho intramolecular Hbond substituents is 1. The van der Waals surface area contributed by atoms with Gasteiger partial charge in [0.25, 0.3) is 0 Å². The average molecular weight is 321 g/mol. The topological polar surface area (TPSA) is 58.0 Å². The van der Waals surface area contributed by atoms with Crippen molar-refractivity contribution in [3.8, 4) is 17.6 Å². The molecule has 0 bridgehead atoms. The Morgan fingerprint density at radius 1 is 1.22 bits per heavy atom. The molecule has 0 fully saturated rings. The first-order valence-electron chi connectivity index (χ1n) is 7.09. The van der Waals surface area contributed by atoms with Crippen molar-refractivity contribution in [1.82, 2.24) is 9.97 Å². The minimum atomic E-state index is 0.254. The van der Waals surface area contributed by atoms with Crippen LogP contribution in [0.1, 0.15) is 16.3 Å². The fourth-order valence-corrected chi connectivity index (χ4v) is 2.97. The van der Waals surface area contributed by atoms with E-state index in [0.717, 1.165) is 32.3 Å². The maximum Gasteiger partial charge on any atom is 0.126 e. The normalized spacial score (nSPS) is 10.7. The van der Waals surface area contributed by atoms with Gasteiger partial charge in [0.1, 0.15) is 16.6 Å². The quantitative estimate of drug-likeness (QED) is 0.705. The number of hydrogen-bond acceptors (Lipinski definition) is 5.